The van der Waals surface area contributed by atoms with Crippen LogP contribution in [0.5, 0.6) is 5.75 Å². The lowest BCUT2D eigenvalue weighted by Crippen LogP contribution is -2.60. The molecule has 0 spiro atoms. The molecule has 3 saturated heterocycles. The van der Waals surface area contributed by atoms with Crippen LogP contribution in [0.3, 0.4) is 0 Å². The number of cyclic esters (lactones) is 1. The van der Waals surface area contributed by atoms with E-state index in [2.05, 4.69) is 64.2 Å². The van der Waals surface area contributed by atoms with E-state index in [-0.39, 0.29) is 48.7 Å². The van der Waals surface area contributed by atoms with Gasteiger partial charge in [0.1, 0.15) is 24.4 Å². The van der Waals surface area contributed by atoms with Gasteiger partial charge in [0.2, 0.25) is 5.91 Å². The summed E-state index contributed by atoms with van der Waals surface area (Å²) in [6.07, 6.45) is 3.66. The lowest BCUT2D eigenvalue weighted by molar-refractivity contribution is -0.155. The molecule has 61 heavy (non-hydrogen) atoms. The van der Waals surface area contributed by atoms with Crippen molar-refractivity contribution in [2.75, 3.05) is 78.2 Å². The first-order valence-corrected chi connectivity index (χ1v) is 22.7. The van der Waals surface area contributed by atoms with E-state index in [9.17, 15) is 14.4 Å². The molecule has 324 valence electrons. The number of methoxy groups -OCH3 is 1. The summed E-state index contributed by atoms with van der Waals surface area (Å²) in [5.41, 5.74) is 10.5. The summed E-state index contributed by atoms with van der Waals surface area (Å²) in [6.45, 7) is 12.9. The van der Waals surface area contributed by atoms with Crippen LogP contribution < -0.4 is 20.4 Å². The molecule has 1 saturated carbocycles. The Labute approximate surface area is 360 Å². The third kappa shape index (κ3) is 7.57. The molecule has 2 N–H and O–H groups in total. The largest absolute Gasteiger partial charge is 0.489 e. The SMILES string of the molecule is CO[C@@H](C)c1ncc(N2CCN(C)CC2)cc1-c1c2c3cc(cc4c3n1CCO4)-c1csc(n1)C[C@H](NC(=O)C1[C@H]3COC[C@@H]13)C(=O)N1CCC[C@H](N1)C(=O)OCC(C)(C)C2. The minimum Gasteiger partial charge on any atom is -0.489 e. The number of hydrazine groups is 1. The molecule has 4 aromatic rings. The van der Waals surface area contributed by atoms with Gasteiger partial charge >= 0.3 is 5.97 Å². The normalized spacial score (nSPS) is 26.9. The number of nitrogens with one attached hydrogen (secondary N) is 2. The Balaban J connectivity index is 1.10. The Morgan fingerprint density at radius 3 is 2.66 bits per heavy atom. The first-order chi connectivity index (χ1) is 29.5. The van der Waals surface area contributed by atoms with Gasteiger partial charge in [0, 0.05) is 79.5 Å². The number of carbonyl (C=O) groups excluding carboxylic acids is 3. The highest BCUT2D eigenvalue weighted by molar-refractivity contribution is 7.10. The van der Waals surface area contributed by atoms with E-state index in [1.54, 1.807) is 7.11 Å². The average molecular weight is 853 g/mol. The molecule has 5 aliphatic heterocycles. The number of benzene rings is 1. The molecule has 6 aliphatic rings. The molecule has 1 aromatic carbocycles. The van der Waals surface area contributed by atoms with Gasteiger partial charge in [-0.05, 0) is 68.8 Å². The van der Waals surface area contributed by atoms with Gasteiger partial charge in [-0.3, -0.25) is 24.4 Å². The monoisotopic (exact) mass is 852 g/mol. The number of hydrogen-bond donors (Lipinski definition) is 2. The fourth-order valence-corrected chi connectivity index (χ4v) is 10.9. The van der Waals surface area contributed by atoms with Gasteiger partial charge in [0.05, 0.1) is 72.0 Å². The van der Waals surface area contributed by atoms with E-state index < -0.39 is 23.5 Å². The zero-order valence-electron chi connectivity index (χ0n) is 35.7. The molecular weight excluding hydrogens is 797 g/mol. The number of likely N-dealkylation sites (N-methyl/N-ethyl adjacent to an activating group) is 1. The molecular formula is C45H56N8O7S. The van der Waals surface area contributed by atoms with E-state index >= 15 is 0 Å². The molecule has 1 unspecified atom stereocenters. The first-order valence-electron chi connectivity index (χ1n) is 21.8. The van der Waals surface area contributed by atoms with E-state index in [0.29, 0.717) is 52.2 Å². The molecule has 6 bridgehead atoms. The van der Waals surface area contributed by atoms with Crippen LogP contribution in [0, 0.1) is 23.2 Å². The highest BCUT2D eigenvalue weighted by atomic mass is 32.1. The minimum atomic E-state index is -0.872. The van der Waals surface area contributed by atoms with Crippen molar-refractivity contribution in [1.82, 2.24) is 35.2 Å². The highest BCUT2D eigenvalue weighted by Crippen LogP contribution is 2.51. The van der Waals surface area contributed by atoms with Crippen molar-refractivity contribution in [2.45, 2.75) is 71.2 Å². The summed E-state index contributed by atoms with van der Waals surface area (Å²) in [4.78, 5) is 56.8. The zero-order chi connectivity index (χ0) is 42.2. The van der Waals surface area contributed by atoms with Crippen molar-refractivity contribution in [2.24, 2.45) is 23.2 Å². The van der Waals surface area contributed by atoms with Crippen molar-refractivity contribution in [3.63, 3.8) is 0 Å². The highest BCUT2D eigenvalue weighted by Gasteiger charge is 2.58. The number of amides is 2. The zero-order valence-corrected chi connectivity index (χ0v) is 36.5. The van der Waals surface area contributed by atoms with Crippen molar-refractivity contribution in [3.8, 4) is 28.3 Å². The summed E-state index contributed by atoms with van der Waals surface area (Å²) in [6, 6.07) is 5.00. The number of nitrogens with zero attached hydrogens (tertiary/aromatic N) is 6. The predicted molar refractivity (Wildman–Crippen MR) is 230 cm³/mol. The number of thiazole rings is 1. The number of piperazine rings is 1. The Hall–Kier alpha value is -4.61. The number of anilines is 1. The number of hydrogen-bond acceptors (Lipinski definition) is 13. The Morgan fingerprint density at radius 1 is 1.07 bits per heavy atom. The molecule has 15 nitrogen and oxygen atoms in total. The Kier molecular flexibility index (Phi) is 10.6. The number of pyridine rings is 1. The van der Waals surface area contributed by atoms with E-state index in [0.717, 1.165) is 87.3 Å². The summed E-state index contributed by atoms with van der Waals surface area (Å²) in [7, 11) is 3.88. The van der Waals surface area contributed by atoms with Gasteiger partial charge in [-0.1, -0.05) is 13.8 Å². The summed E-state index contributed by atoms with van der Waals surface area (Å²) >= 11 is 1.47. The van der Waals surface area contributed by atoms with E-state index in [1.807, 2.05) is 18.5 Å². The van der Waals surface area contributed by atoms with Crippen LogP contribution in [0.2, 0.25) is 0 Å². The quantitative estimate of drug-likeness (QED) is 0.268. The van der Waals surface area contributed by atoms with Gasteiger partial charge in [-0.15, -0.1) is 11.3 Å². The average Bonchev–Trinajstić information content (AvgIpc) is 3.59. The van der Waals surface area contributed by atoms with E-state index in [1.165, 1.54) is 16.3 Å². The third-order valence-corrected chi connectivity index (χ3v) is 14.5. The maximum Gasteiger partial charge on any atom is 0.324 e. The number of fused-ring (bicyclic) bond motifs is 7. The molecule has 8 heterocycles. The third-order valence-electron chi connectivity index (χ3n) is 13.7. The lowest BCUT2D eigenvalue weighted by Gasteiger charge is -2.35. The molecule has 4 fully saturated rings. The number of ether oxygens (including phenoxy) is 4. The number of rotatable bonds is 6. The van der Waals surface area contributed by atoms with Gasteiger partial charge in [0.15, 0.2) is 0 Å². The standard InChI is InChI=1S/C45H56N8O7S/c1-25(57-5)39-29(17-27(20-46-39)51-11-9-50(4)10-12-51)40-30-19-45(2,3)24-60-44(56)33-7-6-8-53(49-33)43(55)34(48-42(54)38-31-21-58-22-32(31)38)18-37-47-35(23-61-37)26-15-28(30)41-36(16-26)59-14-13-52(40)41/h15-17,20,23,25,31-34,38,49H,6-14,18-19,21-22,24H2,1-5H3,(H,48,54)/t25-,31-,32+,33-,34-,38?/m0/s1. The number of aromatic nitrogens is 3. The molecule has 6 atom stereocenters. The van der Waals surface area contributed by atoms with Crippen LogP contribution in [0.15, 0.2) is 29.8 Å². The van der Waals surface area contributed by atoms with Gasteiger partial charge in [-0.25, -0.2) is 10.4 Å². The summed E-state index contributed by atoms with van der Waals surface area (Å²) in [5.74, 6) is 0.183. The van der Waals surface area contributed by atoms with Crippen molar-refractivity contribution < 1.29 is 33.3 Å². The maximum absolute atomic E-state index is 14.3. The molecule has 1 aliphatic carbocycles. The van der Waals surface area contributed by atoms with Crippen LogP contribution in [-0.4, -0.2) is 128 Å². The topological polar surface area (TPSA) is 153 Å². The lowest BCUT2D eigenvalue weighted by atomic mass is 9.84. The maximum atomic E-state index is 14.3. The van der Waals surface area contributed by atoms with Gasteiger partial charge in [-0.2, -0.15) is 0 Å². The van der Waals surface area contributed by atoms with Gasteiger partial charge in [0.25, 0.3) is 5.91 Å². The van der Waals surface area contributed by atoms with Crippen molar-refractivity contribution in [1.29, 1.82) is 0 Å². The minimum absolute atomic E-state index is 0.132. The van der Waals surface area contributed by atoms with Gasteiger partial charge < -0.3 is 38.6 Å². The molecule has 16 heteroatoms. The summed E-state index contributed by atoms with van der Waals surface area (Å²) < 4.78 is 26.6. The second-order valence-corrected chi connectivity index (χ2v) is 19.5. The summed E-state index contributed by atoms with van der Waals surface area (Å²) in [5, 5.41) is 8.39. The van der Waals surface area contributed by atoms with Crippen LogP contribution in [0.25, 0.3) is 33.4 Å². The number of esters is 1. The predicted octanol–water partition coefficient (Wildman–Crippen LogP) is 4.22. The van der Waals surface area contributed by atoms with E-state index in [4.69, 9.17) is 28.9 Å². The first kappa shape index (κ1) is 40.5. The van der Waals surface area contributed by atoms with Crippen molar-refractivity contribution >= 4 is 45.7 Å². The molecule has 0 radical (unpaired) electrons. The fourth-order valence-electron chi connectivity index (χ4n) is 10.1. The van der Waals surface area contributed by atoms with Crippen LogP contribution in [0.4, 0.5) is 5.69 Å². The van der Waals surface area contributed by atoms with Crippen LogP contribution >= 0.6 is 11.3 Å². The smallest absolute Gasteiger partial charge is 0.324 e. The molecule has 10 rings (SSSR count). The Morgan fingerprint density at radius 2 is 1.87 bits per heavy atom. The Bertz CT molecular complexity index is 2360. The van der Waals surface area contributed by atoms with Crippen molar-refractivity contribution in [3.05, 3.63) is 46.0 Å². The van der Waals surface area contributed by atoms with Crippen LogP contribution in [0.1, 0.15) is 56.0 Å². The molecule has 3 aromatic heterocycles. The number of carbonyl (C=O) groups is 3. The van der Waals surface area contributed by atoms with Crippen LogP contribution in [-0.2, 0) is 48.0 Å². The second kappa shape index (κ2) is 15.9. The second-order valence-electron chi connectivity index (χ2n) is 18.5. The molecule has 2 amide bonds. The fraction of sp³-hybridized carbons (Fsp3) is 0.578.